The Morgan fingerprint density at radius 2 is 1.81 bits per heavy atom. The van der Waals surface area contributed by atoms with Gasteiger partial charge in [-0.2, -0.15) is 0 Å². The van der Waals surface area contributed by atoms with Crippen molar-refractivity contribution in [3.05, 3.63) is 11.6 Å². The molecule has 0 bridgehead atoms. The Bertz CT molecular complexity index is 574. The Balaban J connectivity index is 1.75. The molecule has 3 aliphatic rings. The van der Waals surface area contributed by atoms with E-state index in [4.69, 9.17) is 14.2 Å². The smallest absolute Gasteiger partial charge is 0.186 e. The molecule has 1 aliphatic carbocycles. The molecule has 9 atom stereocenters. The Morgan fingerprint density at radius 3 is 2.41 bits per heavy atom. The van der Waals surface area contributed by atoms with Crippen LogP contribution in [-0.2, 0) is 14.2 Å². The van der Waals surface area contributed by atoms with Crippen molar-refractivity contribution in [3.63, 3.8) is 0 Å². The number of ether oxygens (including phenoxy) is 3. The van der Waals surface area contributed by atoms with Gasteiger partial charge in [-0.1, -0.05) is 19.9 Å². The lowest BCUT2D eigenvalue weighted by Gasteiger charge is -2.48. The van der Waals surface area contributed by atoms with Crippen LogP contribution in [-0.4, -0.2) is 86.8 Å². The summed E-state index contributed by atoms with van der Waals surface area (Å²) in [6.07, 6.45) is -4.68. The van der Waals surface area contributed by atoms with Gasteiger partial charge in [0.05, 0.1) is 24.4 Å². The number of aliphatic hydroxyl groups is 5. The number of aliphatic hydroxyl groups excluding tert-OH is 5. The zero-order chi connectivity index (χ0) is 20.1. The molecular weight excluding hydrogens is 356 g/mol. The molecule has 0 unspecified atom stereocenters. The average molecular weight is 388 g/mol. The van der Waals surface area contributed by atoms with Gasteiger partial charge in [0.2, 0.25) is 0 Å². The van der Waals surface area contributed by atoms with Crippen molar-refractivity contribution in [1.29, 1.82) is 0 Å². The number of fused-ring (bicyclic) bond motifs is 1. The molecule has 1 saturated heterocycles. The molecule has 1 saturated carbocycles. The molecule has 0 aromatic heterocycles. The highest BCUT2D eigenvalue weighted by Crippen LogP contribution is 2.52. The second-order valence-corrected chi connectivity index (χ2v) is 8.88. The van der Waals surface area contributed by atoms with Gasteiger partial charge in [0.25, 0.3) is 0 Å². The summed E-state index contributed by atoms with van der Waals surface area (Å²) in [5, 5.41) is 49.4. The monoisotopic (exact) mass is 388 g/mol. The average Bonchev–Trinajstić information content (AvgIpc) is 2.93. The third-order valence-electron chi connectivity index (χ3n) is 6.03. The highest BCUT2D eigenvalue weighted by atomic mass is 16.7. The highest BCUT2D eigenvalue weighted by molar-refractivity contribution is 5.32. The molecule has 2 aliphatic heterocycles. The van der Waals surface area contributed by atoms with Crippen LogP contribution in [0, 0.1) is 5.41 Å². The van der Waals surface area contributed by atoms with Crippen LogP contribution >= 0.6 is 0 Å². The molecule has 0 radical (unpaired) electrons. The van der Waals surface area contributed by atoms with E-state index in [1.165, 1.54) is 0 Å². The van der Waals surface area contributed by atoms with Gasteiger partial charge in [-0.15, -0.1) is 0 Å². The fourth-order valence-electron chi connectivity index (χ4n) is 4.73. The second kappa shape index (κ2) is 7.35. The van der Waals surface area contributed by atoms with Crippen LogP contribution in [0.3, 0.4) is 0 Å². The Morgan fingerprint density at radius 1 is 1.15 bits per heavy atom. The van der Waals surface area contributed by atoms with Crippen LogP contribution in [0.5, 0.6) is 0 Å². The Hall–Kier alpha value is -0.580. The third kappa shape index (κ3) is 3.82. The summed E-state index contributed by atoms with van der Waals surface area (Å²) in [6, 6.07) is 0. The zero-order valence-electron chi connectivity index (χ0n) is 16.3. The van der Waals surface area contributed by atoms with Crippen LogP contribution in [0.2, 0.25) is 0 Å². The summed E-state index contributed by atoms with van der Waals surface area (Å²) in [5.74, 6) is 0. The standard InChI is InChI=1S/C19H32O8/c1-9(21)11-5-13-18(2,3)6-10(7-19(13,4)27-11)25-17-16(24)15(23)14(22)12(8-20)26-17/h5,9-12,14-17,20-24H,6-8H2,1-4H3/t9-,10+,11+,12+,14+,15-,16+,17+,19-/m1/s1. The minimum atomic E-state index is -1.47. The van der Waals surface area contributed by atoms with Crippen molar-refractivity contribution in [2.45, 2.75) is 95.2 Å². The van der Waals surface area contributed by atoms with Crippen molar-refractivity contribution < 1.29 is 39.7 Å². The molecule has 2 heterocycles. The van der Waals surface area contributed by atoms with Gasteiger partial charge in [0.15, 0.2) is 6.29 Å². The van der Waals surface area contributed by atoms with Crippen LogP contribution < -0.4 is 0 Å². The first-order chi connectivity index (χ1) is 12.5. The lowest BCUT2D eigenvalue weighted by atomic mass is 9.65. The van der Waals surface area contributed by atoms with Gasteiger partial charge in [0.1, 0.15) is 30.5 Å². The lowest BCUT2D eigenvalue weighted by molar-refractivity contribution is -0.317. The molecule has 0 aromatic rings. The third-order valence-corrected chi connectivity index (χ3v) is 6.03. The first-order valence-electron chi connectivity index (χ1n) is 9.53. The maximum atomic E-state index is 10.2. The van der Waals surface area contributed by atoms with E-state index >= 15 is 0 Å². The molecule has 0 amide bonds. The van der Waals surface area contributed by atoms with Gasteiger partial charge in [-0.3, -0.25) is 0 Å². The van der Waals surface area contributed by atoms with E-state index in [-0.39, 0.29) is 17.6 Å². The summed E-state index contributed by atoms with van der Waals surface area (Å²) < 4.78 is 17.6. The van der Waals surface area contributed by atoms with Crippen molar-refractivity contribution in [1.82, 2.24) is 0 Å². The van der Waals surface area contributed by atoms with Crippen LogP contribution in [0.4, 0.5) is 0 Å². The SMILES string of the molecule is C[C@@H](O)[C@@H]1C=C2C(C)(C)C[C@H](O[C@H]3O[C@@H](CO)[C@H](O)[C@@H](O)[C@@H]3O)C[C@@]2(C)O1. The largest absolute Gasteiger partial charge is 0.394 e. The van der Waals surface area contributed by atoms with Crippen molar-refractivity contribution >= 4 is 0 Å². The minimum absolute atomic E-state index is 0.255. The normalized spacial score (nSPS) is 48.0. The summed E-state index contributed by atoms with van der Waals surface area (Å²) in [7, 11) is 0. The van der Waals surface area contributed by atoms with E-state index in [1.54, 1.807) is 6.92 Å². The van der Waals surface area contributed by atoms with E-state index in [9.17, 15) is 25.5 Å². The van der Waals surface area contributed by atoms with Crippen molar-refractivity contribution in [2.75, 3.05) is 6.61 Å². The molecule has 8 heteroatoms. The first-order valence-corrected chi connectivity index (χ1v) is 9.53. The van der Waals surface area contributed by atoms with E-state index in [2.05, 4.69) is 13.8 Å². The Kier molecular flexibility index (Phi) is 5.75. The molecule has 156 valence electrons. The van der Waals surface area contributed by atoms with Crippen LogP contribution in [0.1, 0.15) is 40.5 Å². The summed E-state index contributed by atoms with van der Waals surface area (Å²) in [4.78, 5) is 0. The molecular formula is C19H32O8. The number of hydrogen-bond acceptors (Lipinski definition) is 8. The number of hydrogen-bond donors (Lipinski definition) is 5. The summed E-state index contributed by atoms with van der Waals surface area (Å²) in [5.41, 5.74) is 0.257. The van der Waals surface area contributed by atoms with E-state index in [1.807, 2.05) is 13.0 Å². The maximum Gasteiger partial charge on any atom is 0.186 e. The molecule has 0 aromatic carbocycles. The predicted octanol–water partition coefficient (Wildman–Crippen LogP) is -0.544. The van der Waals surface area contributed by atoms with Gasteiger partial charge >= 0.3 is 0 Å². The first kappa shape index (κ1) is 21.1. The van der Waals surface area contributed by atoms with E-state index in [0.29, 0.717) is 12.8 Å². The zero-order valence-corrected chi connectivity index (χ0v) is 16.3. The highest BCUT2D eigenvalue weighted by Gasteiger charge is 2.53. The van der Waals surface area contributed by atoms with Gasteiger partial charge < -0.3 is 39.7 Å². The van der Waals surface area contributed by atoms with Crippen LogP contribution in [0.15, 0.2) is 11.6 Å². The van der Waals surface area contributed by atoms with Gasteiger partial charge in [-0.25, -0.2) is 0 Å². The van der Waals surface area contributed by atoms with E-state index < -0.39 is 49.0 Å². The summed E-state index contributed by atoms with van der Waals surface area (Å²) >= 11 is 0. The van der Waals surface area contributed by atoms with Crippen LogP contribution in [0.25, 0.3) is 0 Å². The van der Waals surface area contributed by atoms with Crippen molar-refractivity contribution in [2.24, 2.45) is 5.41 Å². The Labute approximate surface area is 159 Å². The topological polar surface area (TPSA) is 129 Å². The lowest BCUT2D eigenvalue weighted by Crippen LogP contribution is -2.60. The molecule has 2 fully saturated rings. The predicted molar refractivity (Wildman–Crippen MR) is 94.7 cm³/mol. The van der Waals surface area contributed by atoms with Gasteiger partial charge in [-0.05, 0) is 31.3 Å². The van der Waals surface area contributed by atoms with Gasteiger partial charge in [0, 0.05) is 6.42 Å². The molecule has 5 N–H and O–H groups in total. The molecule has 0 spiro atoms. The summed E-state index contributed by atoms with van der Waals surface area (Å²) in [6.45, 7) is 7.31. The van der Waals surface area contributed by atoms with Crippen molar-refractivity contribution in [3.8, 4) is 0 Å². The molecule has 27 heavy (non-hydrogen) atoms. The number of rotatable bonds is 4. The fourth-order valence-corrected chi connectivity index (χ4v) is 4.73. The minimum Gasteiger partial charge on any atom is -0.394 e. The fraction of sp³-hybridized carbons (Fsp3) is 0.895. The molecule has 8 nitrogen and oxygen atoms in total. The second-order valence-electron chi connectivity index (χ2n) is 8.88. The molecule has 3 rings (SSSR count). The van der Waals surface area contributed by atoms with E-state index in [0.717, 1.165) is 5.57 Å². The maximum absolute atomic E-state index is 10.2. The quantitative estimate of drug-likeness (QED) is 0.406.